The second-order valence-electron chi connectivity index (χ2n) is 5.21. The first-order chi connectivity index (χ1) is 7.26. The Morgan fingerprint density at radius 3 is 2.53 bits per heavy atom. The van der Waals surface area contributed by atoms with Crippen molar-refractivity contribution in [2.75, 3.05) is 19.7 Å². The second kappa shape index (κ2) is 6.49. The van der Waals surface area contributed by atoms with E-state index < -0.39 is 0 Å². The molecule has 2 N–H and O–H groups in total. The molecule has 90 valence electrons. The van der Waals surface area contributed by atoms with Crippen LogP contribution in [0.4, 0.5) is 0 Å². The molecule has 2 heteroatoms. The summed E-state index contributed by atoms with van der Waals surface area (Å²) in [6.45, 7) is 7.06. The summed E-state index contributed by atoms with van der Waals surface area (Å²) in [5.74, 6) is 0.833. The number of aliphatic hydroxyl groups is 1. The van der Waals surface area contributed by atoms with Crippen LogP contribution in [-0.2, 0) is 0 Å². The molecule has 0 radical (unpaired) electrons. The molecule has 0 heterocycles. The fourth-order valence-corrected chi connectivity index (χ4v) is 2.05. The van der Waals surface area contributed by atoms with Gasteiger partial charge in [0.25, 0.3) is 0 Å². The van der Waals surface area contributed by atoms with Crippen molar-refractivity contribution in [2.45, 2.75) is 52.4 Å². The van der Waals surface area contributed by atoms with E-state index in [-0.39, 0.29) is 5.41 Å². The summed E-state index contributed by atoms with van der Waals surface area (Å²) in [5.41, 5.74) is 0.267. The normalized spacial score (nSPS) is 20.2. The molecule has 1 aliphatic rings. The summed E-state index contributed by atoms with van der Waals surface area (Å²) in [6.07, 6.45) is 7.71. The van der Waals surface area contributed by atoms with Gasteiger partial charge in [-0.2, -0.15) is 0 Å². The van der Waals surface area contributed by atoms with Crippen LogP contribution in [0, 0.1) is 11.3 Å². The molecule has 0 aromatic rings. The molecule has 1 aliphatic carbocycles. The van der Waals surface area contributed by atoms with Gasteiger partial charge in [-0.25, -0.2) is 0 Å². The van der Waals surface area contributed by atoms with E-state index in [0.717, 1.165) is 19.0 Å². The highest BCUT2D eigenvalue weighted by Crippen LogP contribution is 2.44. The Balaban J connectivity index is 2.06. The standard InChI is InChI=1S/C13H27NO/c1-3-5-6-12(4-2)9-14-10-13(11-15)7-8-13/h12,14-15H,3-11H2,1-2H3. The highest BCUT2D eigenvalue weighted by Gasteiger charge is 2.41. The zero-order valence-electron chi connectivity index (χ0n) is 10.4. The minimum atomic E-state index is 0.267. The monoisotopic (exact) mass is 213 g/mol. The number of hydrogen-bond donors (Lipinski definition) is 2. The molecule has 2 nitrogen and oxygen atoms in total. The first-order valence-corrected chi connectivity index (χ1v) is 6.58. The van der Waals surface area contributed by atoms with Crippen LogP contribution in [-0.4, -0.2) is 24.8 Å². The van der Waals surface area contributed by atoms with Gasteiger partial charge in [0.05, 0.1) is 0 Å². The molecule has 1 unspecified atom stereocenters. The van der Waals surface area contributed by atoms with Crippen LogP contribution in [0.1, 0.15) is 52.4 Å². The van der Waals surface area contributed by atoms with Gasteiger partial charge in [0.2, 0.25) is 0 Å². The van der Waals surface area contributed by atoms with Crippen molar-refractivity contribution in [3.05, 3.63) is 0 Å². The number of hydrogen-bond acceptors (Lipinski definition) is 2. The van der Waals surface area contributed by atoms with Gasteiger partial charge in [-0.1, -0.05) is 33.1 Å². The first-order valence-electron chi connectivity index (χ1n) is 6.58. The van der Waals surface area contributed by atoms with Crippen molar-refractivity contribution in [3.63, 3.8) is 0 Å². The van der Waals surface area contributed by atoms with Crippen molar-refractivity contribution < 1.29 is 5.11 Å². The van der Waals surface area contributed by atoms with Gasteiger partial charge >= 0.3 is 0 Å². The van der Waals surface area contributed by atoms with E-state index in [0.29, 0.717) is 6.61 Å². The topological polar surface area (TPSA) is 32.3 Å². The fourth-order valence-electron chi connectivity index (χ4n) is 2.05. The predicted octanol–water partition coefficient (Wildman–Crippen LogP) is 2.56. The second-order valence-corrected chi connectivity index (χ2v) is 5.21. The minimum absolute atomic E-state index is 0.267. The Bertz CT molecular complexity index is 166. The summed E-state index contributed by atoms with van der Waals surface area (Å²) in [6, 6.07) is 0. The SMILES string of the molecule is CCCCC(CC)CNCC1(CO)CC1. The van der Waals surface area contributed by atoms with Gasteiger partial charge in [0.1, 0.15) is 0 Å². The summed E-state index contributed by atoms with van der Waals surface area (Å²) in [4.78, 5) is 0. The maximum Gasteiger partial charge on any atom is 0.0499 e. The molecule has 1 saturated carbocycles. The summed E-state index contributed by atoms with van der Waals surface area (Å²) >= 11 is 0. The average Bonchev–Trinajstić information content (AvgIpc) is 3.04. The highest BCUT2D eigenvalue weighted by atomic mass is 16.3. The van der Waals surface area contributed by atoms with E-state index >= 15 is 0 Å². The minimum Gasteiger partial charge on any atom is -0.396 e. The number of nitrogens with one attached hydrogen (secondary N) is 1. The smallest absolute Gasteiger partial charge is 0.0499 e. The van der Waals surface area contributed by atoms with Gasteiger partial charge in [-0.15, -0.1) is 0 Å². The molecule has 0 aliphatic heterocycles. The van der Waals surface area contributed by atoms with Gasteiger partial charge in [0, 0.05) is 18.6 Å². The largest absolute Gasteiger partial charge is 0.396 e. The van der Waals surface area contributed by atoms with Crippen LogP contribution >= 0.6 is 0 Å². The van der Waals surface area contributed by atoms with Gasteiger partial charge in [0.15, 0.2) is 0 Å². The van der Waals surface area contributed by atoms with Crippen LogP contribution in [0.25, 0.3) is 0 Å². The molecule has 0 aromatic carbocycles. The van der Waals surface area contributed by atoms with Crippen molar-refractivity contribution in [1.29, 1.82) is 0 Å². The lowest BCUT2D eigenvalue weighted by atomic mass is 9.99. The van der Waals surface area contributed by atoms with Crippen LogP contribution in [0.3, 0.4) is 0 Å². The molecule has 1 rings (SSSR count). The Kier molecular flexibility index (Phi) is 5.62. The number of unbranched alkanes of at least 4 members (excludes halogenated alkanes) is 1. The van der Waals surface area contributed by atoms with E-state index in [1.54, 1.807) is 0 Å². The molecule has 15 heavy (non-hydrogen) atoms. The molecule has 1 atom stereocenters. The maximum absolute atomic E-state index is 9.18. The Labute approximate surface area is 94.5 Å². The van der Waals surface area contributed by atoms with E-state index in [1.165, 1.54) is 38.5 Å². The Morgan fingerprint density at radius 1 is 1.33 bits per heavy atom. The average molecular weight is 213 g/mol. The van der Waals surface area contributed by atoms with Crippen molar-refractivity contribution in [1.82, 2.24) is 5.32 Å². The molecule has 0 aromatic heterocycles. The molecule has 0 spiro atoms. The lowest BCUT2D eigenvalue weighted by molar-refractivity contribution is 0.205. The Morgan fingerprint density at radius 2 is 2.07 bits per heavy atom. The summed E-state index contributed by atoms with van der Waals surface area (Å²) in [5, 5.41) is 12.7. The summed E-state index contributed by atoms with van der Waals surface area (Å²) < 4.78 is 0. The van der Waals surface area contributed by atoms with Crippen molar-refractivity contribution >= 4 is 0 Å². The molecule has 0 bridgehead atoms. The Hall–Kier alpha value is -0.0800. The molecule has 0 amide bonds. The third kappa shape index (κ3) is 4.52. The zero-order chi connectivity index (χ0) is 11.1. The van der Waals surface area contributed by atoms with Crippen molar-refractivity contribution in [2.24, 2.45) is 11.3 Å². The highest BCUT2D eigenvalue weighted by molar-refractivity contribution is 4.94. The maximum atomic E-state index is 9.18. The van der Waals surface area contributed by atoms with Gasteiger partial charge < -0.3 is 10.4 Å². The third-order valence-corrected chi connectivity index (χ3v) is 3.77. The molecular weight excluding hydrogens is 186 g/mol. The molecule has 0 saturated heterocycles. The number of rotatable bonds is 9. The molecular formula is C13H27NO. The fraction of sp³-hybridized carbons (Fsp3) is 1.00. The van der Waals surface area contributed by atoms with E-state index in [4.69, 9.17) is 0 Å². The zero-order valence-corrected chi connectivity index (χ0v) is 10.4. The molecule has 1 fully saturated rings. The van der Waals surface area contributed by atoms with Crippen LogP contribution in [0.2, 0.25) is 0 Å². The van der Waals surface area contributed by atoms with Crippen molar-refractivity contribution in [3.8, 4) is 0 Å². The van der Waals surface area contributed by atoms with Crippen LogP contribution in [0.15, 0.2) is 0 Å². The van der Waals surface area contributed by atoms with Crippen LogP contribution in [0.5, 0.6) is 0 Å². The van der Waals surface area contributed by atoms with E-state index in [9.17, 15) is 5.11 Å². The van der Waals surface area contributed by atoms with Gasteiger partial charge in [-0.05, 0) is 31.7 Å². The summed E-state index contributed by atoms with van der Waals surface area (Å²) in [7, 11) is 0. The van der Waals surface area contributed by atoms with Gasteiger partial charge in [-0.3, -0.25) is 0 Å². The number of aliphatic hydroxyl groups excluding tert-OH is 1. The predicted molar refractivity (Wildman–Crippen MR) is 64.9 cm³/mol. The first kappa shape index (κ1) is 13.0. The quantitative estimate of drug-likeness (QED) is 0.617. The third-order valence-electron chi connectivity index (χ3n) is 3.77. The van der Waals surface area contributed by atoms with E-state index in [2.05, 4.69) is 19.2 Å². The van der Waals surface area contributed by atoms with E-state index in [1.807, 2.05) is 0 Å². The lowest BCUT2D eigenvalue weighted by Gasteiger charge is -2.18. The van der Waals surface area contributed by atoms with Crippen LogP contribution < -0.4 is 5.32 Å². The lowest BCUT2D eigenvalue weighted by Crippen LogP contribution is -2.30.